The molecule has 0 bridgehead atoms. The van der Waals surface area contributed by atoms with Gasteiger partial charge < -0.3 is 14.6 Å². The highest BCUT2D eigenvalue weighted by atomic mass is 16.6. The van der Waals surface area contributed by atoms with Crippen LogP contribution < -0.4 is 0 Å². The SMILES string of the molecule is C/C=C(\C)C(=O)O[C@@H]1[C@@H](C)[C@]2(O)[C@@H]3C=C(C)C(=O)[C@@H]3CC(C=O)=C[C@H]2[C@@H]2C(C)(C)[C@]12OC(C)=O. The Morgan fingerprint density at radius 2 is 1.82 bits per heavy atom. The molecule has 184 valence electrons. The van der Waals surface area contributed by atoms with Crippen LogP contribution in [0.25, 0.3) is 0 Å². The van der Waals surface area contributed by atoms with Gasteiger partial charge in [0, 0.05) is 47.5 Å². The number of aliphatic hydroxyl groups is 1. The quantitative estimate of drug-likeness (QED) is 0.382. The lowest BCUT2D eigenvalue weighted by Crippen LogP contribution is -2.63. The van der Waals surface area contributed by atoms with E-state index in [0.717, 1.165) is 6.29 Å². The Morgan fingerprint density at radius 3 is 2.38 bits per heavy atom. The lowest BCUT2D eigenvalue weighted by Gasteiger charge is -2.52. The van der Waals surface area contributed by atoms with Crippen molar-refractivity contribution in [3.05, 3.63) is 34.9 Å². The zero-order valence-corrected chi connectivity index (χ0v) is 20.9. The first kappa shape index (κ1) is 24.6. The van der Waals surface area contributed by atoms with Gasteiger partial charge >= 0.3 is 11.9 Å². The van der Waals surface area contributed by atoms with E-state index < -0.39 is 64.2 Å². The maximum Gasteiger partial charge on any atom is 0.333 e. The molecule has 0 aromatic rings. The summed E-state index contributed by atoms with van der Waals surface area (Å²) in [5.74, 6) is -3.91. The zero-order chi connectivity index (χ0) is 25.4. The molecule has 34 heavy (non-hydrogen) atoms. The molecular weight excluding hydrogens is 436 g/mol. The summed E-state index contributed by atoms with van der Waals surface area (Å²) in [6, 6.07) is 0. The summed E-state index contributed by atoms with van der Waals surface area (Å²) in [6.45, 7) is 12.1. The normalized spacial score (nSPS) is 42.2. The Morgan fingerprint density at radius 1 is 1.18 bits per heavy atom. The van der Waals surface area contributed by atoms with Crippen molar-refractivity contribution < 1.29 is 33.8 Å². The fourth-order valence-corrected chi connectivity index (χ4v) is 7.24. The van der Waals surface area contributed by atoms with Crippen LogP contribution in [0.5, 0.6) is 0 Å². The summed E-state index contributed by atoms with van der Waals surface area (Å²) in [4.78, 5) is 50.2. The number of allylic oxidation sites excluding steroid dienone is 3. The molecule has 1 N–H and O–H groups in total. The molecule has 7 nitrogen and oxygen atoms in total. The van der Waals surface area contributed by atoms with Crippen LogP contribution in [0.15, 0.2) is 34.9 Å². The van der Waals surface area contributed by atoms with Crippen molar-refractivity contribution >= 4 is 24.0 Å². The van der Waals surface area contributed by atoms with E-state index in [0.29, 0.717) is 16.7 Å². The average Bonchev–Trinajstić information content (AvgIpc) is 3.16. The average molecular weight is 471 g/mol. The number of fused-ring (bicyclic) bond motifs is 5. The van der Waals surface area contributed by atoms with Crippen LogP contribution in [0.2, 0.25) is 0 Å². The first-order valence-corrected chi connectivity index (χ1v) is 11.9. The van der Waals surface area contributed by atoms with Crippen molar-refractivity contribution in [2.75, 3.05) is 0 Å². The van der Waals surface area contributed by atoms with E-state index in [9.17, 15) is 24.3 Å². The molecule has 4 aliphatic carbocycles. The van der Waals surface area contributed by atoms with Crippen molar-refractivity contribution in [1.29, 1.82) is 0 Å². The maximum atomic E-state index is 13.0. The van der Waals surface area contributed by atoms with E-state index in [1.165, 1.54) is 6.92 Å². The van der Waals surface area contributed by atoms with Crippen LogP contribution >= 0.6 is 0 Å². The molecule has 2 fully saturated rings. The summed E-state index contributed by atoms with van der Waals surface area (Å²) in [5, 5.41) is 12.5. The summed E-state index contributed by atoms with van der Waals surface area (Å²) in [6.07, 6.45) is 5.27. The van der Waals surface area contributed by atoms with Gasteiger partial charge in [-0.25, -0.2) is 4.79 Å². The van der Waals surface area contributed by atoms with Gasteiger partial charge in [-0.05, 0) is 38.3 Å². The van der Waals surface area contributed by atoms with Crippen molar-refractivity contribution in [3.63, 3.8) is 0 Å². The number of hydrogen-bond acceptors (Lipinski definition) is 7. The summed E-state index contributed by atoms with van der Waals surface area (Å²) in [5.41, 5.74) is -1.87. The Bertz CT molecular complexity index is 1060. The van der Waals surface area contributed by atoms with Gasteiger partial charge in [0.05, 0.1) is 5.60 Å². The zero-order valence-electron chi connectivity index (χ0n) is 20.9. The standard InChI is InChI=1S/C27H34O7/c1-8-13(2)24(31)33-23-15(4)26(32)19-9-14(3)21(30)18(19)10-17(12-28)11-20(26)22-25(6,7)27(22,23)34-16(5)29/h8-9,11-12,15,18-20,22-23,32H,10H2,1-7H3/b13-8+/t15-,18-,19-,20+,22-,23-,26+,27-/m1/s1. The fourth-order valence-electron chi connectivity index (χ4n) is 7.24. The Labute approximate surface area is 200 Å². The van der Waals surface area contributed by atoms with Crippen LogP contribution in [-0.2, 0) is 28.7 Å². The number of Topliss-reactive ketones (excluding diaryl/α,β-unsaturated/α-hetero) is 1. The molecule has 2 saturated carbocycles. The second kappa shape index (κ2) is 7.74. The molecule has 0 aliphatic heterocycles. The first-order valence-electron chi connectivity index (χ1n) is 11.9. The molecule has 4 aliphatic rings. The van der Waals surface area contributed by atoms with Gasteiger partial charge in [0.25, 0.3) is 0 Å². The molecule has 4 rings (SSSR count). The number of ether oxygens (including phenoxy) is 2. The van der Waals surface area contributed by atoms with Crippen molar-refractivity contribution in [2.24, 2.45) is 35.0 Å². The van der Waals surface area contributed by atoms with Crippen LogP contribution in [0.3, 0.4) is 0 Å². The van der Waals surface area contributed by atoms with Gasteiger partial charge in [-0.15, -0.1) is 0 Å². The summed E-state index contributed by atoms with van der Waals surface area (Å²) in [7, 11) is 0. The molecule has 0 unspecified atom stereocenters. The first-order chi connectivity index (χ1) is 15.8. The molecule has 0 spiro atoms. The Kier molecular flexibility index (Phi) is 5.59. The number of aldehydes is 1. The molecule has 8 atom stereocenters. The third-order valence-corrected chi connectivity index (χ3v) is 9.09. The summed E-state index contributed by atoms with van der Waals surface area (Å²) < 4.78 is 12.0. The molecule has 0 amide bonds. The van der Waals surface area contributed by atoms with Gasteiger partial charge in [0.15, 0.2) is 11.4 Å². The van der Waals surface area contributed by atoms with Gasteiger partial charge in [0.2, 0.25) is 0 Å². The molecule has 7 heteroatoms. The molecule has 0 radical (unpaired) electrons. The lowest BCUT2D eigenvalue weighted by molar-refractivity contribution is -0.218. The van der Waals surface area contributed by atoms with Gasteiger partial charge in [0.1, 0.15) is 12.4 Å². The summed E-state index contributed by atoms with van der Waals surface area (Å²) >= 11 is 0. The highest BCUT2D eigenvalue weighted by Gasteiger charge is 2.87. The lowest BCUT2D eigenvalue weighted by atomic mass is 9.60. The third kappa shape index (κ3) is 2.98. The van der Waals surface area contributed by atoms with Crippen molar-refractivity contribution in [2.45, 2.75) is 72.2 Å². The van der Waals surface area contributed by atoms with Crippen LogP contribution in [-0.4, -0.2) is 46.4 Å². The van der Waals surface area contributed by atoms with Gasteiger partial charge in [-0.3, -0.25) is 14.4 Å². The number of carbonyl (C=O) groups is 4. The maximum absolute atomic E-state index is 13.0. The fraction of sp³-hybridized carbons (Fsp3) is 0.630. The van der Waals surface area contributed by atoms with E-state index in [1.807, 2.05) is 19.9 Å². The predicted octanol–water partition coefficient (Wildman–Crippen LogP) is 3.11. The highest BCUT2D eigenvalue weighted by molar-refractivity contribution is 6.00. The minimum Gasteiger partial charge on any atom is -0.454 e. The second-order valence-electron chi connectivity index (χ2n) is 11.0. The Hall–Kier alpha value is -2.54. The van der Waals surface area contributed by atoms with E-state index >= 15 is 0 Å². The minimum atomic E-state index is -1.49. The van der Waals surface area contributed by atoms with E-state index in [4.69, 9.17) is 9.47 Å². The minimum absolute atomic E-state index is 0.0794. The molecule has 0 aromatic carbocycles. The highest BCUT2D eigenvalue weighted by Crippen LogP contribution is 2.76. The van der Waals surface area contributed by atoms with Crippen LogP contribution in [0, 0.1) is 35.0 Å². The Balaban J connectivity index is 1.93. The van der Waals surface area contributed by atoms with E-state index in [-0.39, 0.29) is 12.2 Å². The van der Waals surface area contributed by atoms with Crippen molar-refractivity contribution in [1.82, 2.24) is 0 Å². The second-order valence-corrected chi connectivity index (χ2v) is 11.0. The monoisotopic (exact) mass is 470 g/mol. The topological polar surface area (TPSA) is 107 Å². The number of ketones is 1. The molecule has 0 aromatic heterocycles. The van der Waals surface area contributed by atoms with Crippen LogP contribution in [0.1, 0.15) is 54.9 Å². The van der Waals surface area contributed by atoms with E-state index in [2.05, 4.69) is 0 Å². The van der Waals surface area contributed by atoms with Gasteiger partial charge in [-0.2, -0.15) is 0 Å². The van der Waals surface area contributed by atoms with Gasteiger partial charge in [-0.1, -0.05) is 39.0 Å². The number of carbonyl (C=O) groups excluding carboxylic acids is 4. The van der Waals surface area contributed by atoms with E-state index in [1.54, 1.807) is 39.8 Å². The molecule has 0 heterocycles. The number of esters is 2. The van der Waals surface area contributed by atoms with Crippen LogP contribution in [0.4, 0.5) is 0 Å². The smallest absolute Gasteiger partial charge is 0.333 e. The largest absolute Gasteiger partial charge is 0.454 e. The third-order valence-electron chi connectivity index (χ3n) is 9.09. The molecule has 0 saturated heterocycles. The predicted molar refractivity (Wildman–Crippen MR) is 123 cm³/mol. The number of rotatable bonds is 4. The number of hydrogen-bond donors (Lipinski definition) is 1. The molecular formula is C27H34O7. The van der Waals surface area contributed by atoms with Crippen molar-refractivity contribution in [3.8, 4) is 0 Å².